The molecule has 1 aliphatic heterocycles. The van der Waals surface area contributed by atoms with Crippen LogP contribution in [0.15, 0.2) is 42.0 Å². The quantitative estimate of drug-likeness (QED) is 0.808. The molecule has 0 aliphatic carbocycles. The van der Waals surface area contributed by atoms with E-state index in [1.807, 2.05) is 46.4 Å². The first-order chi connectivity index (χ1) is 10.8. The second-order valence-electron chi connectivity index (χ2n) is 5.30. The van der Waals surface area contributed by atoms with Crippen LogP contribution in [0.3, 0.4) is 0 Å². The van der Waals surface area contributed by atoms with Crippen molar-refractivity contribution in [3.63, 3.8) is 0 Å². The Morgan fingerprint density at radius 1 is 1.45 bits per heavy atom. The Kier molecular flexibility index (Phi) is 3.31. The lowest BCUT2D eigenvalue weighted by Crippen LogP contribution is -2.33. The summed E-state index contributed by atoms with van der Waals surface area (Å²) in [7, 11) is 0. The molecule has 2 aromatic heterocycles. The summed E-state index contributed by atoms with van der Waals surface area (Å²) in [6.07, 6.45) is 4.95. The van der Waals surface area contributed by atoms with Crippen molar-refractivity contribution in [3.8, 4) is 5.75 Å². The van der Waals surface area contributed by atoms with Crippen LogP contribution in [0.2, 0.25) is 0 Å². The minimum absolute atomic E-state index is 0.00699. The van der Waals surface area contributed by atoms with Gasteiger partial charge in [-0.1, -0.05) is 18.2 Å². The van der Waals surface area contributed by atoms with E-state index in [0.29, 0.717) is 13.0 Å². The third-order valence-electron chi connectivity index (χ3n) is 3.78. The number of ether oxygens (including phenoxy) is 1. The monoisotopic (exact) mass is 313 g/mol. The second kappa shape index (κ2) is 5.46. The summed E-state index contributed by atoms with van der Waals surface area (Å²) in [6, 6.07) is 7.88. The zero-order valence-corrected chi connectivity index (χ0v) is 12.7. The van der Waals surface area contributed by atoms with Gasteiger partial charge in [0.15, 0.2) is 4.96 Å². The maximum absolute atomic E-state index is 12.3. The van der Waals surface area contributed by atoms with Crippen molar-refractivity contribution in [2.45, 2.75) is 18.9 Å². The molecule has 6 heteroatoms. The van der Waals surface area contributed by atoms with Crippen LogP contribution >= 0.6 is 11.3 Å². The van der Waals surface area contributed by atoms with Crippen LogP contribution in [0.4, 0.5) is 0 Å². The molecule has 0 spiro atoms. The summed E-state index contributed by atoms with van der Waals surface area (Å²) in [6.45, 7) is 0.627. The molecule has 0 fully saturated rings. The Balaban J connectivity index is 1.47. The van der Waals surface area contributed by atoms with E-state index in [0.717, 1.165) is 28.4 Å². The van der Waals surface area contributed by atoms with Gasteiger partial charge >= 0.3 is 0 Å². The van der Waals surface area contributed by atoms with Gasteiger partial charge in [0.25, 0.3) is 0 Å². The van der Waals surface area contributed by atoms with Crippen molar-refractivity contribution in [1.29, 1.82) is 0 Å². The third kappa shape index (κ3) is 2.46. The predicted molar refractivity (Wildman–Crippen MR) is 84.2 cm³/mol. The van der Waals surface area contributed by atoms with Gasteiger partial charge in [0.1, 0.15) is 5.75 Å². The van der Waals surface area contributed by atoms with Crippen molar-refractivity contribution in [1.82, 2.24) is 14.7 Å². The van der Waals surface area contributed by atoms with Gasteiger partial charge in [0, 0.05) is 29.8 Å². The number of aromatic nitrogens is 2. The summed E-state index contributed by atoms with van der Waals surface area (Å²) in [5.41, 5.74) is 1.85. The van der Waals surface area contributed by atoms with Crippen LogP contribution in [0, 0.1) is 0 Å². The van der Waals surface area contributed by atoms with Gasteiger partial charge in [-0.2, -0.15) is 0 Å². The largest absolute Gasteiger partial charge is 0.493 e. The number of rotatable bonds is 3. The number of nitrogens with zero attached hydrogens (tertiary/aromatic N) is 2. The first kappa shape index (κ1) is 13.3. The van der Waals surface area contributed by atoms with Crippen LogP contribution in [0.25, 0.3) is 4.96 Å². The number of hydrogen-bond donors (Lipinski definition) is 1. The Labute approximate surface area is 131 Å². The number of carbonyl (C=O) groups excluding carboxylic acids is 1. The number of nitrogens with one attached hydrogen (secondary N) is 1. The molecule has 5 nitrogen and oxygen atoms in total. The van der Waals surface area contributed by atoms with E-state index in [9.17, 15) is 4.79 Å². The lowest BCUT2D eigenvalue weighted by Gasteiger charge is -2.26. The third-order valence-corrected chi connectivity index (χ3v) is 4.55. The number of benzene rings is 1. The highest BCUT2D eigenvalue weighted by Gasteiger charge is 2.22. The average molecular weight is 313 g/mol. The predicted octanol–water partition coefficient (Wildman–Crippen LogP) is 2.58. The van der Waals surface area contributed by atoms with Crippen molar-refractivity contribution >= 4 is 22.2 Å². The fourth-order valence-electron chi connectivity index (χ4n) is 2.76. The van der Waals surface area contributed by atoms with E-state index in [1.165, 1.54) is 0 Å². The van der Waals surface area contributed by atoms with Crippen LogP contribution < -0.4 is 10.1 Å². The molecule has 1 aromatic carbocycles. The summed E-state index contributed by atoms with van der Waals surface area (Å²) < 4.78 is 7.56. The topological polar surface area (TPSA) is 55.6 Å². The fraction of sp³-hybridized carbons (Fsp3) is 0.250. The Bertz CT molecular complexity index is 795. The zero-order valence-electron chi connectivity index (χ0n) is 11.9. The number of amides is 1. The molecule has 0 radical (unpaired) electrons. The minimum atomic E-state index is -0.00699. The van der Waals surface area contributed by atoms with Crippen molar-refractivity contribution in [2.24, 2.45) is 0 Å². The summed E-state index contributed by atoms with van der Waals surface area (Å²) >= 11 is 1.57. The van der Waals surface area contributed by atoms with Gasteiger partial charge < -0.3 is 10.1 Å². The molecule has 4 rings (SSSR count). The Morgan fingerprint density at radius 3 is 3.27 bits per heavy atom. The number of fused-ring (bicyclic) bond motifs is 2. The molecule has 3 heterocycles. The molecular formula is C16H15N3O2S. The number of imidazole rings is 1. The van der Waals surface area contributed by atoms with Crippen molar-refractivity contribution in [2.75, 3.05) is 6.61 Å². The zero-order chi connectivity index (χ0) is 14.9. The highest BCUT2D eigenvalue weighted by atomic mass is 32.1. The average Bonchev–Trinajstić information content (AvgIpc) is 3.09. The van der Waals surface area contributed by atoms with Gasteiger partial charge in [0.05, 0.1) is 24.8 Å². The van der Waals surface area contributed by atoms with Gasteiger partial charge in [-0.15, -0.1) is 11.3 Å². The first-order valence-corrected chi connectivity index (χ1v) is 8.10. The molecule has 0 saturated heterocycles. The normalized spacial score (nSPS) is 17.0. The van der Waals surface area contributed by atoms with Crippen molar-refractivity contribution < 1.29 is 9.53 Å². The maximum atomic E-state index is 12.3. The minimum Gasteiger partial charge on any atom is -0.493 e. The smallest absolute Gasteiger partial charge is 0.226 e. The van der Waals surface area contributed by atoms with Crippen LogP contribution in [-0.2, 0) is 11.2 Å². The van der Waals surface area contributed by atoms with Crippen molar-refractivity contribution in [3.05, 3.63) is 53.3 Å². The molecule has 112 valence electrons. The fourth-order valence-corrected chi connectivity index (χ4v) is 3.48. The Hall–Kier alpha value is -2.34. The van der Waals surface area contributed by atoms with Gasteiger partial charge in [-0.05, 0) is 6.07 Å². The van der Waals surface area contributed by atoms with E-state index < -0.39 is 0 Å². The van der Waals surface area contributed by atoms with Gasteiger partial charge in [0.2, 0.25) is 5.91 Å². The molecule has 0 unspecified atom stereocenters. The van der Waals surface area contributed by atoms with Gasteiger partial charge in [-0.25, -0.2) is 4.98 Å². The lowest BCUT2D eigenvalue weighted by molar-refractivity contribution is -0.121. The van der Waals surface area contributed by atoms with Crippen LogP contribution in [0.1, 0.15) is 23.7 Å². The molecule has 3 aromatic rings. The molecule has 22 heavy (non-hydrogen) atoms. The van der Waals surface area contributed by atoms with Crippen LogP contribution in [-0.4, -0.2) is 21.9 Å². The SMILES string of the molecule is O=C(Cc1cn2ccsc2n1)N[C@H]1CCOc2ccccc21. The summed E-state index contributed by atoms with van der Waals surface area (Å²) in [4.78, 5) is 17.7. The summed E-state index contributed by atoms with van der Waals surface area (Å²) in [5.74, 6) is 0.856. The molecular weight excluding hydrogens is 298 g/mol. The first-order valence-electron chi connectivity index (χ1n) is 7.22. The van der Waals surface area contributed by atoms with E-state index in [2.05, 4.69) is 10.3 Å². The molecule has 0 saturated carbocycles. The Morgan fingerprint density at radius 2 is 2.36 bits per heavy atom. The number of para-hydroxylation sites is 1. The molecule has 1 amide bonds. The lowest BCUT2D eigenvalue weighted by atomic mass is 10.0. The number of carbonyl (C=O) groups is 1. The molecule has 1 aliphatic rings. The van der Waals surface area contributed by atoms with E-state index >= 15 is 0 Å². The standard InChI is InChI=1S/C16H15N3O2S/c20-15(9-11-10-19-6-8-22-16(19)17-11)18-13-5-7-21-14-4-2-1-3-12(13)14/h1-4,6,8,10,13H,5,7,9H2,(H,18,20)/t13-/m0/s1. The van der Waals surface area contributed by atoms with E-state index in [-0.39, 0.29) is 11.9 Å². The summed E-state index contributed by atoms with van der Waals surface area (Å²) in [5, 5.41) is 5.07. The van der Waals surface area contributed by atoms with E-state index in [1.54, 1.807) is 11.3 Å². The van der Waals surface area contributed by atoms with Gasteiger partial charge in [-0.3, -0.25) is 9.20 Å². The highest BCUT2D eigenvalue weighted by molar-refractivity contribution is 7.15. The molecule has 0 bridgehead atoms. The number of hydrogen-bond acceptors (Lipinski definition) is 4. The highest BCUT2D eigenvalue weighted by Crippen LogP contribution is 2.31. The van der Waals surface area contributed by atoms with Crippen LogP contribution in [0.5, 0.6) is 5.75 Å². The molecule has 1 N–H and O–H groups in total. The number of thiazole rings is 1. The van der Waals surface area contributed by atoms with E-state index in [4.69, 9.17) is 4.74 Å². The molecule has 1 atom stereocenters. The second-order valence-corrected chi connectivity index (χ2v) is 6.17. The maximum Gasteiger partial charge on any atom is 0.226 e.